The Balaban J connectivity index is 1.58. The maximum absolute atomic E-state index is 5.98. The van der Waals surface area contributed by atoms with E-state index in [0.29, 0.717) is 16.7 Å². The monoisotopic (exact) mass is 321 g/mol. The smallest absolute Gasteiger partial charge is 0.121 e. The van der Waals surface area contributed by atoms with E-state index in [1.807, 2.05) is 6.07 Å². The Bertz CT molecular complexity index is 626. The van der Waals surface area contributed by atoms with Gasteiger partial charge in [0.05, 0.1) is 10.0 Å². The summed E-state index contributed by atoms with van der Waals surface area (Å²) in [5.74, 6) is 0.728. The van der Waals surface area contributed by atoms with Crippen molar-refractivity contribution >= 4 is 23.2 Å². The van der Waals surface area contributed by atoms with Crippen LogP contribution >= 0.6 is 23.2 Å². The number of hydrogen-bond donors (Lipinski definition) is 1. The zero-order chi connectivity index (χ0) is 14.7. The predicted octanol–water partition coefficient (Wildman–Crippen LogP) is 4.82. The molecule has 0 aliphatic heterocycles. The molecule has 0 radical (unpaired) electrons. The number of rotatable bonds is 6. The molecule has 0 bridgehead atoms. The molecule has 1 fully saturated rings. The second-order valence-electron chi connectivity index (χ2n) is 5.34. The van der Waals surface area contributed by atoms with Crippen LogP contribution in [0.25, 0.3) is 0 Å². The van der Waals surface area contributed by atoms with Crippen molar-refractivity contribution in [1.82, 2.24) is 5.32 Å². The zero-order valence-electron chi connectivity index (χ0n) is 11.6. The van der Waals surface area contributed by atoms with Crippen molar-refractivity contribution in [2.45, 2.75) is 32.0 Å². The summed E-state index contributed by atoms with van der Waals surface area (Å²) >= 11 is 11.9. The molecular weight excluding hydrogens is 305 g/mol. The van der Waals surface area contributed by atoms with Gasteiger partial charge in [-0.05, 0) is 36.1 Å². The van der Waals surface area contributed by atoms with Crippen molar-refractivity contribution in [3.05, 3.63) is 63.6 Å². The zero-order valence-corrected chi connectivity index (χ0v) is 13.1. The Hall–Kier alpha value is -1.22. The third-order valence-corrected chi connectivity index (χ3v) is 4.20. The lowest BCUT2D eigenvalue weighted by Gasteiger charge is -2.09. The standard InChI is InChI=1S/C17H17Cl2NO/c18-16-7-6-15(9-17(16)19)21-11-13-3-1-2-12(8-13)10-20-14-4-5-14/h1-3,6-9,14,20H,4-5,10-11H2. The van der Waals surface area contributed by atoms with Crippen LogP contribution in [0.2, 0.25) is 10.0 Å². The Labute approximate surface area is 135 Å². The highest BCUT2D eigenvalue weighted by Gasteiger charge is 2.19. The molecule has 3 rings (SSSR count). The van der Waals surface area contributed by atoms with Crippen LogP contribution in [0.3, 0.4) is 0 Å². The van der Waals surface area contributed by atoms with Crippen LogP contribution in [-0.2, 0) is 13.2 Å². The number of nitrogens with one attached hydrogen (secondary N) is 1. The molecule has 0 heterocycles. The van der Waals surface area contributed by atoms with E-state index in [-0.39, 0.29) is 0 Å². The van der Waals surface area contributed by atoms with Gasteiger partial charge in [0.25, 0.3) is 0 Å². The first-order valence-electron chi connectivity index (χ1n) is 7.10. The van der Waals surface area contributed by atoms with E-state index in [1.54, 1.807) is 12.1 Å². The molecule has 110 valence electrons. The Morgan fingerprint density at radius 2 is 1.81 bits per heavy atom. The first kappa shape index (κ1) is 14.7. The molecule has 0 amide bonds. The molecule has 1 aliphatic carbocycles. The van der Waals surface area contributed by atoms with Gasteiger partial charge in [-0.15, -0.1) is 0 Å². The van der Waals surface area contributed by atoms with Crippen LogP contribution < -0.4 is 10.1 Å². The number of halogens is 2. The van der Waals surface area contributed by atoms with Crippen molar-refractivity contribution in [3.8, 4) is 5.75 Å². The number of benzene rings is 2. The van der Waals surface area contributed by atoms with Crippen LogP contribution in [0.5, 0.6) is 5.75 Å². The number of ether oxygens (including phenoxy) is 1. The van der Waals surface area contributed by atoms with Gasteiger partial charge in [-0.3, -0.25) is 0 Å². The lowest BCUT2D eigenvalue weighted by molar-refractivity contribution is 0.306. The summed E-state index contributed by atoms with van der Waals surface area (Å²) in [7, 11) is 0. The SMILES string of the molecule is Clc1ccc(OCc2cccc(CNC3CC3)c2)cc1Cl. The highest BCUT2D eigenvalue weighted by atomic mass is 35.5. The molecule has 1 saturated carbocycles. The van der Waals surface area contributed by atoms with Crippen molar-refractivity contribution in [3.63, 3.8) is 0 Å². The van der Waals surface area contributed by atoms with Gasteiger partial charge in [0.15, 0.2) is 0 Å². The van der Waals surface area contributed by atoms with Gasteiger partial charge in [0.1, 0.15) is 12.4 Å². The van der Waals surface area contributed by atoms with E-state index < -0.39 is 0 Å². The minimum Gasteiger partial charge on any atom is -0.489 e. The Morgan fingerprint density at radius 1 is 1.00 bits per heavy atom. The molecule has 0 unspecified atom stereocenters. The first-order chi connectivity index (χ1) is 10.2. The topological polar surface area (TPSA) is 21.3 Å². The Kier molecular flexibility index (Phi) is 4.69. The van der Waals surface area contributed by atoms with Crippen LogP contribution in [0, 0.1) is 0 Å². The van der Waals surface area contributed by atoms with E-state index in [1.165, 1.54) is 18.4 Å². The number of hydrogen-bond acceptors (Lipinski definition) is 2. The molecule has 2 aromatic carbocycles. The minimum absolute atomic E-state index is 0.511. The molecule has 0 aromatic heterocycles. The van der Waals surface area contributed by atoms with E-state index in [2.05, 4.69) is 29.6 Å². The maximum Gasteiger partial charge on any atom is 0.121 e. The summed E-state index contributed by atoms with van der Waals surface area (Å²) in [6.45, 7) is 1.44. The van der Waals surface area contributed by atoms with Crippen molar-refractivity contribution in [2.75, 3.05) is 0 Å². The summed E-state index contributed by atoms with van der Waals surface area (Å²) < 4.78 is 5.76. The third-order valence-electron chi connectivity index (χ3n) is 3.46. The summed E-state index contributed by atoms with van der Waals surface area (Å²) in [4.78, 5) is 0. The lowest BCUT2D eigenvalue weighted by atomic mass is 10.1. The van der Waals surface area contributed by atoms with Gasteiger partial charge >= 0.3 is 0 Å². The molecule has 2 nitrogen and oxygen atoms in total. The second kappa shape index (κ2) is 6.69. The summed E-state index contributed by atoms with van der Waals surface area (Å²) in [5, 5.41) is 4.56. The van der Waals surface area contributed by atoms with Gasteiger partial charge in [-0.25, -0.2) is 0 Å². The van der Waals surface area contributed by atoms with E-state index in [4.69, 9.17) is 27.9 Å². The van der Waals surface area contributed by atoms with Gasteiger partial charge in [0.2, 0.25) is 0 Å². The summed E-state index contributed by atoms with van der Waals surface area (Å²) in [6, 6.07) is 14.5. The highest BCUT2D eigenvalue weighted by Crippen LogP contribution is 2.26. The van der Waals surface area contributed by atoms with E-state index >= 15 is 0 Å². The van der Waals surface area contributed by atoms with Crippen molar-refractivity contribution in [1.29, 1.82) is 0 Å². The molecule has 0 atom stereocenters. The third kappa shape index (κ3) is 4.37. The lowest BCUT2D eigenvalue weighted by Crippen LogP contribution is -2.15. The molecule has 21 heavy (non-hydrogen) atoms. The van der Waals surface area contributed by atoms with Gasteiger partial charge in [-0.2, -0.15) is 0 Å². The fourth-order valence-corrected chi connectivity index (χ4v) is 2.40. The van der Waals surface area contributed by atoms with Crippen LogP contribution in [0.15, 0.2) is 42.5 Å². The van der Waals surface area contributed by atoms with Crippen LogP contribution in [0.4, 0.5) is 0 Å². The van der Waals surface area contributed by atoms with Crippen LogP contribution in [-0.4, -0.2) is 6.04 Å². The van der Waals surface area contributed by atoms with Gasteiger partial charge in [-0.1, -0.05) is 47.5 Å². The quantitative estimate of drug-likeness (QED) is 0.823. The van der Waals surface area contributed by atoms with Crippen molar-refractivity contribution < 1.29 is 4.74 Å². The van der Waals surface area contributed by atoms with Gasteiger partial charge < -0.3 is 10.1 Å². The van der Waals surface area contributed by atoms with Crippen molar-refractivity contribution in [2.24, 2.45) is 0 Å². The summed E-state index contributed by atoms with van der Waals surface area (Å²) in [6.07, 6.45) is 2.61. The molecule has 1 aliphatic rings. The average Bonchev–Trinajstić information content (AvgIpc) is 3.31. The molecule has 4 heteroatoms. The second-order valence-corrected chi connectivity index (χ2v) is 6.15. The van der Waals surface area contributed by atoms with Gasteiger partial charge in [0, 0.05) is 18.7 Å². The molecule has 1 N–H and O–H groups in total. The van der Waals surface area contributed by atoms with E-state index in [9.17, 15) is 0 Å². The normalized spacial score (nSPS) is 14.2. The summed E-state index contributed by atoms with van der Waals surface area (Å²) in [5.41, 5.74) is 2.44. The van der Waals surface area contributed by atoms with Crippen LogP contribution in [0.1, 0.15) is 24.0 Å². The Morgan fingerprint density at radius 3 is 2.57 bits per heavy atom. The fourth-order valence-electron chi connectivity index (χ4n) is 2.11. The molecular formula is C17H17Cl2NO. The largest absolute Gasteiger partial charge is 0.489 e. The minimum atomic E-state index is 0.511. The molecule has 0 saturated heterocycles. The predicted molar refractivity (Wildman–Crippen MR) is 87.1 cm³/mol. The highest BCUT2D eigenvalue weighted by molar-refractivity contribution is 6.42. The fraction of sp³-hybridized carbons (Fsp3) is 0.294. The first-order valence-corrected chi connectivity index (χ1v) is 7.85. The van der Waals surface area contributed by atoms with E-state index in [0.717, 1.165) is 23.9 Å². The molecule has 2 aromatic rings. The average molecular weight is 322 g/mol. The maximum atomic E-state index is 5.98. The molecule has 0 spiro atoms.